The summed E-state index contributed by atoms with van der Waals surface area (Å²) in [6.45, 7) is 6.98. The molecule has 0 atom stereocenters. The third kappa shape index (κ3) is 1.18. The Bertz CT molecular complexity index is 120. The van der Waals surface area contributed by atoms with Crippen LogP contribution >= 0.6 is 0 Å². The second-order valence-electron chi connectivity index (χ2n) is 1.99. The van der Waals surface area contributed by atoms with Crippen molar-refractivity contribution in [3.05, 3.63) is 18.7 Å². The minimum Gasteiger partial charge on any atom is -0.470 e. The Hall–Kier alpha value is -0.660. The Kier molecular flexibility index (Phi) is 1.98. The van der Waals surface area contributed by atoms with E-state index in [0.29, 0.717) is 0 Å². The van der Waals surface area contributed by atoms with E-state index in [0.717, 1.165) is 13.0 Å². The SMILES string of the molecule is CCC1=CO[CH]N1CC. The fourth-order valence-electron chi connectivity index (χ4n) is 0.882. The van der Waals surface area contributed by atoms with Crippen molar-refractivity contribution in [2.24, 2.45) is 0 Å². The van der Waals surface area contributed by atoms with E-state index in [2.05, 4.69) is 18.7 Å². The summed E-state index contributed by atoms with van der Waals surface area (Å²) in [6, 6.07) is 0. The van der Waals surface area contributed by atoms with Crippen LogP contribution in [0.25, 0.3) is 0 Å². The smallest absolute Gasteiger partial charge is 0.227 e. The van der Waals surface area contributed by atoms with E-state index >= 15 is 0 Å². The fourth-order valence-corrected chi connectivity index (χ4v) is 0.882. The normalized spacial score (nSPS) is 17.6. The van der Waals surface area contributed by atoms with Crippen molar-refractivity contribution in [3.8, 4) is 0 Å². The first kappa shape index (κ1) is 6.46. The molecule has 0 spiro atoms. The lowest BCUT2D eigenvalue weighted by molar-refractivity contribution is 0.257. The molecule has 0 amide bonds. The van der Waals surface area contributed by atoms with Gasteiger partial charge >= 0.3 is 0 Å². The molecule has 0 aromatic heterocycles. The molecule has 1 aliphatic heterocycles. The predicted molar refractivity (Wildman–Crippen MR) is 36.1 cm³/mol. The zero-order valence-corrected chi connectivity index (χ0v) is 5.92. The monoisotopic (exact) mass is 126 g/mol. The van der Waals surface area contributed by atoms with Crippen molar-refractivity contribution in [1.29, 1.82) is 0 Å². The second-order valence-corrected chi connectivity index (χ2v) is 1.99. The molecule has 0 unspecified atom stereocenters. The van der Waals surface area contributed by atoms with Crippen LogP contribution in [0.15, 0.2) is 12.0 Å². The highest BCUT2D eigenvalue weighted by atomic mass is 16.5. The maximum atomic E-state index is 4.99. The van der Waals surface area contributed by atoms with E-state index in [4.69, 9.17) is 4.74 Å². The lowest BCUT2D eigenvalue weighted by Gasteiger charge is -2.14. The standard InChI is InChI=1S/C7H12NO/c1-3-7-5-9-6-8(7)4-2/h5-6H,3-4H2,1-2H3. The molecule has 1 aliphatic rings. The summed E-state index contributed by atoms with van der Waals surface area (Å²) < 4.78 is 4.99. The van der Waals surface area contributed by atoms with Gasteiger partial charge < -0.3 is 9.64 Å². The molecule has 2 nitrogen and oxygen atoms in total. The molecule has 0 fully saturated rings. The van der Waals surface area contributed by atoms with Gasteiger partial charge in [-0.2, -0.15) is 0 Å². The quantitative estimate of drug-likeness (QED) is 0.558. The molecular weight excluding hydrogens is 114 g/mol. The summed E-state index contributed by atoms with van der Waals surface area (Å²) >= 11 is 0. The first-order chi connectivity index (χ1) is 4.38. The Morgan fingerprint density at radius 1 is 1.56 bits per heavy atom. The van der Waals surface area contributed by atoms with Crippen LogP contribution in [0.5, 0.6) is 0 Å². The average molecular weight is 126 g/mol. The molecular formula is C7H12NO. The predicted octanol–water partition coefficient (Wildman–Crippen LogP) is 1.71. The number of rotatable bonds is 2. The van der Waals surface area contributed by atoms with Crippen molar-refractivity contribution >= 4 is 0 Å². The highest BCUT2D eigenvalue weighted by Gasteiger charge is 2.11. The molecule has 0 saturated carbocycles. The van der Waals surface area contributed by atoms with Gasteiger partial charge in [-0.1, -0.05) is 6.92 Å². The first-order valence-electron chi connectivity index (χ1n) is 3.33. The van der Waals surface area contributed by atoms with E-state index in [1.165, 1.54) is 5.70 Å². The summed E-state index contributed by atoms with van der Waals surface area (Å²) in [4.78, 5) is 2.10. The topological polar surface area (TPSA) is 12.5 Å². The molecule has 1 rings (SSSR count). The molecule has 0 aromatic carbocycles. The number of nitrogens with zero attached hydrogens (tertiary/aromatic N) is 1. The number of hydrogen-bond donors (Lipinski definition) is 0. The van der Waals surface area contributed by atoms with Gasteiger partial charge in [-0.25, -0.2) is 0 Å². The summed E-state index contributed by atoms with van der Waals surface area (Å²) in [5.74, 6) is 0. The summed E-state index contributed by atoms with van der Waals surface area (Å²) in [7, 11) is 0. The zero-order chi connectivity index (χ0) is 6.69. The van der Waals surface area contributed by atoms with Crippen LogP contribution in [0.3, 0.4) is 0 Å². The Morgan fingerprint density at radius 3 is 2.78 bits per heavy atom. The molecule has 0 aliphatic carbocycles. The van der Waals surface area contributed by atoms with Gasteiger partial charge in [0.15, 0.2) is 0 Å². The fraction of sp³-hybridized carbons (Fsp3) is 0.571. The third-order valence-electron chi connectivity index (χ3n) is 1.46. The second kappa shape index (κ2) is 2.76. The van der Waals surface area contributed by atoms with Crippen LogP contribution in [0.1, 0.15) is 20.3 Å². The largest absolute Gasteiger partial charge is 0.470 e. The Morgan fingerprint density at radius 2 is 2.33 bits per heavy atom. The molecule has 0 bridgehead atoms. The van der Waals surface area contributed by atoms with Gasteiger partial charge in [0.1, 0.15) is 6.26 Å². The molecule has 1 heterocycles. The van der Waals surface area contributed by atoms with Gasteiger partial charge in [-0.3, -0.25) is 0 Å². The highest BCUT2D eigenvalue weighted by Crippen LogP contribution is 2.17. The van der Waals surface area contributed by atoms with Gasteiger partial charge in [-0.05, 0) is 13.3 Å². The van der Waals surface area contributed by atoms with Crippen LogP contribution in [-0.2, 0) is 4.74 Å². The van der Waals surface area contributed by atoms with Gasteiger partial charge in [0, 0.05) is 6.54 Å². The highest BCUT2D eigenvalue weighted by molar-refractivity contribution is 5.02. The van der Waals surface area contributed by atoms with E-state index in [1.54, 1.807) is 13.0 Å². The van der Waals surface area contributed by atoms with Crippen molar-refractivity contribution in [2.75, 3.05) is 6.54 Å². The van der Waals surface area contributed by atoms with Crippen molar-refractivity contribution in [1.82, 2.24) is 4.90 Å². The van der Waals surface area contributed by atoms with Gasteiger partial charge in [0.2, 0.25) is 6.73 Å². The maximum Gasteiger partial charge on any atom is 0.227 e. The minimum atomic E-state index is 1.000. The number of ether oxygens (including phenoxy) is 1. The lowest BCUT2D eigenvalue weighted by atomic mass is 10.3. The number of hydrogen-bond acceptors (Lipinski definition) is 2. The van der Waals surface area contributed by atoms with E-state index in [1.807, 2.05) is 0 Å². The number of allylic oxidation sites excluding steroid dienone is 1. The molecule has 0 saturated heterocycles. The van der Waals surface area contributed by atoms with Crippen LogP contribution < -0.4 is 0 Å². The van der Waals surface area contributed by atoms with Crippen molar-refractivity contribution in [2.45, 2.75) is 20.3 Å². The van der Waals surface area contributed by atoms with E-state index < -0.39 is 0 Å². The molecule has 9 heavy (non-hydrogen) atoms. The van der Waals surface area contributed by atoms with E-state index in [-0.39, 0.29) is 0 Å². The van der Waals surface area contributed by atoms with Crippen LogP contribution in [0.4, 0.5) is 0 Å². The summed E-state index contributed by atoms with van der Waals surface area (Å²) in [5, 5.41) is 0. The van der Waals surface area contributed by atoms with E-state index in [9.17, 15) is 0 Å². The molecule has 51 valence electrons. The minimum absolute atomic E-state index is 1.000. The summed E-state index contributed by atoms with van der Waals surface area (Å²) in [5.41, 5.74) is 1.26. The maximum absolute atomic E-state index is 4.99. The zero-order valence-electron chi connectivity index (χ0n) is 5.92. The summed E-state index contributed by atoms with van der Waals surface area (Å²) in [6.07, 6.45) is 2.84. The average Bonchev–Trinajstić information content (AvgIpc) is 2.33. The van der Waals surface area contributed by atoms with Gasteiger partial charge in [-0.15, -0.1) is 0 Å². The molecule has 2 heteroatoms. The van der Waals surface area contributed by atoms with Crippen LogP contribution in [-0.4, -0.2) is 11.4 Å². The van der Waals surface area contributed by atoms with Crippen LogP contribution in [0, 0.1) is 6.73 Å². The van der Waals surface area contributed by atoms with Crippen LogP contribution in [0.2, 0.25) is 0 Å². The van der Waals surface area contributed by atoms with Crippen molar-refractivity contribution < 1.29 is 4.74 Å². The Balaban J connectivity index is 2.47. The Labute approximate surface area is 56.1 Å². The molecule has 0 N–H and O–H groups in total. The third-order valence-corrected chi connectivity index (χ3v) is 1.46. The van der Waals surface area contributed by atoms with Gasteiger partial charge in [0.05, 0.1) is 5.70 Å². The van der Waals surface area contributed by atoms with Gasteiger partial charge in [0.25, 0.3) is 0 Å². The van der Waals surface area contributed by atoms with Crippen molar-refractivity contribution in [3.63, 3.8) is 0 Å². The first-order valence-corrected chi connectivity index (χ1v) is 3.33. The molecule has 0 aromatic rings. The molecule has 1 radical (unpaired) electrons. The lowest BCUT2D eigenvalue weighted by Crippen LogP contribution is -2.14.